The van der Waals surface area contributed by atoms with E-state index in [1.165, 1.54) is 51.0 Å². The van der Waals surface area contributed by atoms with Gasteiger partial charge in [-0.05, 0) is 87.5 Å². The molecular weight excluding hydrogens is 444 g/mol. The SMILES string of the molecule is CC(=O)OCC1=C[C@H]2C[C@@H](OC3CCCCO3)[C@@H](/C=C\[C@@H](OC3CCCCO3)C3CCCC3)[C@H]2C1. The first-order valence-electron chi connectivity index (χ1n) is 14.2. The van der Waals surface area contributed by atoms with E-state index in [1.807, 2.05) is 0 Å². The fraction of sp³-hybridized carbons (Fsp3) is 0.828. The Kier molecular flexibility index (Phi) is 8.98. The Hall–Kier alpha value is -1.21. The lowest BCUT2D eigenvalue weighted by Gasteiger charge is -2.31. The molecule has 2 heterocycles. The highest BCUT2D eigenvalue weighted by atomic mass is 16.7. The minimum absolute atomic E-state index is 0.0681. The van der Waals surface area contributed by atoms with E-state index in [0.717, 1.165) is 51.7 Å². The summed E-state index contributed by atoms with van der Waals surface area (Å²) in [5.74, 6) is 1.64. The second-order valence-electron chi connectivity index (χ2n) is 11.2. The van der Waals surface area contributed by atoms with Gasteiger partial charge in [0.2, 0.25) is 0 Å². The smallest absolute Gasteiger partial charge is 0.302 e. The first kappa shape index (κ1) is 25.4. The van der Waals surface area contributed by atoms with E-state index in [1.54, 1.807) is 0 Å². The number of ether oxygens (including phenoxy) is 5. The Labute approximate surface area is 210 Å². The van der Waals surface area contributed by atoms with Crippen LogP contribution in [0.15, 0.2) is 23.8 Å². The lowest BCUT2D eigenvalue weighted by molar-refractivity contribution is -0.193. The Morgan fingerprint density at radius 3 is 2.43 bits per heavy atom. The van der Waals surface area contributed by atoms with Crippen LogP contribution in [0.3, 0.4) is 0 Å². The standard InChI is InChI=1S/C29H44O6/c1-20(30)33-19-21-16-23-18-27(35-29-11-5-7-15-32-29)24(25(23)17-21)12-13-26(22-8-2-3-9-22)34-28-10-4-6-14-31-28/h12-13,16,22-29H,2-11,14-15,17-19H2,1H3/b13-12-/t23-,24-,25-,26+,27+,28?,29?/m0/s1. The maximum Gasteiger partial charge on any atom is 0.302 e. The molecule has 0 amide bonds. The van der Waals surface area contributed by atoms with Crippen LogP contribution in [-0.2, 0) is 28.5 Å². The summed E-state index contributed by atoms with van der Waals surface area (Å²) < 4.78 is 30.4. The predicted molar refractivity (Wildman–Crippen MR) is 132 cm³/mol. The van der Waals surface area contributed by atoms with Crippen molar-refractivity contribution in [3.05, 3.63) is 23.8 Å². The topological polar surface area (TPSA) is 63.2 Å². The molecule has 0 radical (unpaired) electrons. The van der Waals surface area contributed by atoms with Crippen molar-refractivity contribution < 1.29 is 28.5 Å². The first-order valence-corrected chi connectivity index (χ1v) is 14.2. The van der Waals surface area contributed by atoms with Crippen LogP contribution in [0.1, 0.15) is 84.0 Å². The number of hydrogen-bond donors (Lipinski definition) is 0. The molecule has 0 aromatic heterocycles. The van der Waals surface area contributed by atoms with Crippen molar-refractivity contribution in [2.75, 3.05) is 19.8 Å². The van der Waals surface area contributed by atoms with Crippen LogP contribution >= 0.6 is 0 Å². The average Bonchev–Trinajstić information content (AvgIpc) is 3.60. The lowest BCUT2D eigenvalue weighted by Crippen LogP contribution is -2.32. The molecule has 5 aliphatic rings. The van der Waals surface area contributed by atoms with Gasteiger partial charge in [0.1, 0.15) is 6.61 Å². The van der Waals surface area contributed by atoms with E-state index in [0.29, 0.717) is 30.3 Å². The van der Waals surface area contributed by atoms with Crippen LogP contribution in [0, 0.1) is 23.7 Å². The summed E-state index contributed by atoms with van der Waals surface area (Å²) in [5, 5.41) is 0. The summed E-state index contributed by atoms with van der Waals surface area (Å²) in [7, 11) is 0. The molecule has 7 atom stereocenters. The zero-order chi connectivity index (χ0) is 24.0. The molecule has 4 fully saturated rings. The second kappa shape index (κ2) is 12.4. The largest absolute Gasteiger partial charge is 0.461 e. The fourth-order valence-electron chi connectivity index (χ4n) is 6.87. The summed E-state index contributed by atoms with van der Waals surface area (Å²) >= 11 is 0. The zero-order valence-corrected chi connectivity index (χ0v) is 21.4. The van der Waals surface area contributed by atoms with Crippen LogP contribution < -0.4 is 0 Å². The van der Waals surface area contributed by atoms with E-state index in [9.17, 15) is 4.79 Å². The normalized spacial score (nSPS) is 36.9. The van der Waals surface area contributed by atoms with Gasteiger partial charge in [-0.15, -0.1) is 0 Å². The number of carbonyl (C=O) groups is 1. The van der Waals surface area contributed by atoms with Crippen LogP contribution in [-0.4, -0.2) is 50.6 Å². The van der Waals surface area contributed by atoms with Gasteiger partial charge in [-0.3, -0.25) is 4.79 Å². The van der Waals surface area contributed by atoms with Gasteiger partial charge in [0.15, 0.2) is 12.6 Å². The van der Waals surface area contributed by atoms with Gasteiger partial charge >= 0.3 is 5.97 Å². The first-order chi connectivity index (χ1) is 17.2. The Bertz CT molecular complexity index is 744. The molecule has 35 heavy (non-hydrogen) atoms. The Morgan fingerprint density at radius 2 is 1.74 bits per heavy atom. The quantitative estimate of drug-likeness (QED) is 0.306. The van der Waals surface area contributed by atoms with Crippen LogP contribution in [0.4, 0.5) is 0 Å². The van der Waals surface area contributed by atoms with Crippen LogP contribution in [0.2, 0.25) is 0 Å². The number of carbonyl (C=O) groups excluding carboxylic acids is 1. The van der Waals surface area contributed by atoms with Gasteiger partial charge in [-0.25, -0.2) is 0 Å². The van der Waals surface area contributed by atoms with Crippen LogP contribution in [0.5, 0.6) is 0 Å². The van der Waals surface area contributed by atoms with Crippen molar-refractivity contribution in [1.82, 2.24) is 0 Å². The molecule has 0 aromatic rings. The highest BCUT2D eigenvalue weighted by molar-refractivity contribution is 5.66. The third kappa shape index (κ3) is 6.76. The van der Waals surface area contributed by atoms with Crippen molar-refractivity contribution in [2.45, 2.75) is 109 Å². The van der Waals surface area contributed by atoms with Gasteiger partial charge in [0.05, 0.1) is 12.2 Å². The van der Waals surface area contributed by atoms with Gasteiger partial charge in [0, 0.05) is 26.1 Å². The fourth-order valence-corrected chi connectivity index (χ4v) is 6.87. The third-order valence-electron chi connectivity index (χ3n) is 8.69. The van der Waals surface area contributed by atoms with Gasteiger partial charge in [0.25, 0.3) is 0 Å². The van der Waals surface area contributed by atoms with E-state index < -0.39 is 0 Å². The number of fused-ring (bicyclic) bond motifs is 1. The summed E-state index contributed by atoms with van der Waals surface area (Å²) in [5.41, 5.74) is 1.25. The Balaban J connectivity index is 1.29. The molecule has 2 saturated heterocycles. The average molecular weight is 489 g/mol. The minimum Gasteiger partial charge on any atom is -0.461 e. The van der Waals surface area contributed by atoms with Crippen molar-refractivity contribution >= 4 is 5.97 Å². The number of allylic oxidation sites excluding steroid dienone is 1. The summed E-state index contributed by atoms with van der Waals surface area (Å²) in [6, 6.07) is 0. The molecule has 0 bridgehead atoms. The highest BCUT2D eigenvalue weighted by Gasteiger charge is 2.46. The molecule has 0 spiro atoms. The van der Waals surface area contributed by atoms with E-state index in [4.69, 9.17) is 23.7 Å². The molecule has 2 saturated carbocycles. The zero-order valence-electron chi connectivity index (χ0n) is 21.4. The van der Waals surface area contributed by atoms with Gasteiger partial charge < -0.3 is 23.7 Å². The summed E-state index contributed by atoms with van der Waals surface area (Å²) in [6.07, 6.45) is 20.9. The predicted octanol–water partition coefficient (Wildman–Crippen LogP) is 5.70. The van der Waals surface area contributed by atoms with Crippen molar-refractivity contribution in [1.29, 1.82) is 0 Å². The molecule has 5 rings (SSSR count). The number of hydrogen-bond acceptors (Lipinski definition) is 6. The molecule has 2 aliphatic heterocycles. The number of rotatable bonds is 9. The summed E-state index contributed by atoms with van der Waals surface area (Å²) in [4.78, 5) is 11.3. The molecule has 6 heteroatoms. The molecule has 0 aromatic carbocycles. The Morgan fingerprint density at radius 1 is 1.03 bits per heavy atom. The third-order valence-corrected chi connectivity index (χ3v) is 8.69. The monoisotopic (exact) mass is 488 g/mol. The molecule has 196 valence electrons. The molecule has 3 aliphatic carbocycles. The number of esters is 1. The van der Waals surface area contributed by atoms with Crippen molar-refractivity contribution in [3.63, 3.8) is 0 Å². The van der Waals surface area contributed by atoms with Crippen molar-refractivity contribution in [2.24, 2.45) is 23.7 Å². The maximum absolute atomic E-state index is 11.3. The van der Waals surface area contributed by atoms with E-state index in [2.05, 4.69) is 18.2 Å². The molecular formula is C29H44O6. The lowest BCUT2D eigenvalue weighted by atomic mass is 9.88. The molecule has 0 N–H and O–H groups in total. The second-order valence-corrected chi connectivity index (χ2v) is 11.2. The highest BCUT2D eigenvalue weighted by Crippen LogP contribution is 2.49. The molecule has 2 unspecified atom stereocenters. The molecule has 6 nitrogen and oxygen atoms in total. The minimum atomic E-state index is -0.212. The summed E-state index contributed by atoms with van der Waals surface area (Å²) in [6.45, 7) is 3.51. The van der Waals surface area contributed by atoms with Crippen molar-refractivity contribution in [3.8, 4) is 0 Å². The van der Waals surface area contributed by atoms with E-state index in [-0.39, 0.29) is 30.8 Å². The van der Waals surface area contributed by atoms with Gasteiger partial charge in [-0.1, -0.05) is 31.1 Å². The van der Waals surface area contributed by atoms with E-state index >= 15 is 0 Å². The van der Waals surface area contributed by atoms with Gasteiger partial charge in [-0.2, -0.15) is 0 Å². The van der Waals surface area contributed by atoms with Crippen LogP contribution in [0.25, 0.3) is 0 Å². The maximum atomic E-state index is 11.3.